The van der Waals surface area contributed by atoms with Gasteiger partial charge < -0.3 is 10.5 Å². The molecule has 1 aliphatic rings. The van der Waals surface area contributed by atoms with Crippen LogP contribution in [0.5, 0.6) is 5.75 Å². The first-order valence-electron chi connectivity index (χ1n) is 7.19. The molecule has 3 nitrogen and oxygen atoms in total. The summed E-state index contributed by atoms with van der Waals surface area (Å²) in [5.74, 6) is 1.46. The molecule has 1 aliphatic carbocycles. The summed E-state index contributed by atoms with van der Waals surface area (Å²) in [6.45, 7) is 2.25. The largest absolute Gasteiger partial charge is 0.497 e. The quantitative estimate of drug-likeness (QED) is 0.880. The Hall–Kier alpha value is -1.81. The molecule has 2 N–H and O–H groups in total. The van der Waals surface area contributed by atoms with Gasteiger partial charge in [0, 0.05) is 10.4 Å². The number of anilines is 1. The molecule has 0 amide bonds. The molecule has 0 aliphatic heterocycles. The second kappa shape index (κ2) is 5.53. The lowest BCUT2D eigenvalue weighted by molar-refractivity contribution is 0.103. The van der Waals surface area contributed by atoms with Crippen LogP contribution < -0.4 is 10.5 Å². The van der Waals surface area contributed by atoms with Gasteiger partial charge in [0.25, 0.3) is 0 Å². The number of rotatable bonds is 3. The standard InChI is InChI=1S/C17H19NO2S/c1-10-3-8-13-14(9-10)21-17(18)15(13)16(19)11-4-6-12(20-2)7-5-11/h4-7,10H,3,8-9,18H2,1-2H3. The van der Waals surface area contributed by atoms with E-state index in [1.165, 1.54) is 10.4 Å². The molecule has 1 aromatic heterocycles. The normalized spacial score (nSPS) is 17.3. The monoisotopic (exact) mass is 301 g/mol. The van der Waals surface area contributed by atoms with Crippen molar-refractivity contribution in [3.8, 4) is 5.75 Å². The molecule has 0 spiro atoms. The molecule has 1 heterocycles. The van der Waals surface area contributed by atoms with E-state index in [4.69, 9.17) is 10.5 Å². The van der Waals surface area contributed by atoms with Crippen molar-refractivity contribution in [1.82, 2.24) is 0 Å². The summed E-state index contributed by atoms with van der Waals surface area (Å²) in [5, 5.41) is 0.662. The Balaban J connectivity index is 1.98. The van der Waals surface area contributed by atoms with Crippen LogP contribution in [-0.2, 0) is 12.8 Å². The first kappa shape index (κ1) is 14.1. The molecule has 0 radical (unpaired) electrons. The molecule has 1 atom stereocenters. The number of benzene rings is 1. The zero-order valence-corrected chi connectivity index (χ0v) is 13.1. The highest BCUT2D eigenvalue weighted by Gasteiger charge is 2.26. The molecule has 0 saturated carbocycles. The fourth-order valence-corrected chi connectivity index (χ4v) is 4.19. The highest BCUT2D eigenvalue weighted by atomic mass is 32.1. The number of hydrogen-bond donors (Lipinski definition) is 1. The Labute approximate surface area is 128 Å². The summed E-state index contributed by atoms with van der Waals surface area (Å²) >= 11 is 1.58. The molecule has 1 unspecified atom stereocenters. The Morgan fingerprint density at radius 3 is 2.71 bits per heavy atom. The molecule has 2 aromatic rings. The van der Waals surface area contributed by atoms with Gasteiger partial charge in [-0.15, -0.1) is 11.3 Å². The Bertz CT molecular complexity index is 673. The van der Waals surface area contributed by atoms with Crippen molar-refractivity contribution in [2.75, 3.05) is 12.8 Å². The maximum atomic E-state index is 12.8. The molecule has 3 rings (SSSR count). The number of carbonyl (C=O) groups excluding carboxylic acids is 1. The van der Waals surface area contributed by atoms with Crippen LogP contribution in [-0.4, -0.2) is 12.9 Å². The van der Waals surface area contributed by atoms with Gasteiger partial charge in [-0.2, -0.15) is 0 Å². The lowest BCUT2D eigenvalue weighted by atomic mass is 9.86. The van der Waals surface area contributed by atoms with E-state index in [-0.39, 0.29) is 5.78 Å². The van der Waals surface area contributed by atoms with Crippen LogP contribution in [0, 0.1) is 5.92 Å². The number of hydrogen-bond acceptors (Lipinski definition) is 4. The van der Waals surface area contributed by atoms with Crippen molar-refractivity contribution >= 4 is 22.1 Å². The van der Waals surface area contributed by atoms with Gasteiger partial charge in [0.15, 0.2) is 5.78 Å². The molecule has 110 valence electrons. The summed E-state index contributed by atoms with van der Waals surface area (Å²) in [6.07, 6.45) is 3.13. The highest BCUT2D eigenvalue weighted by Crippen LogP contribution is 2.39. The number of methoxy groups -OCH3 is 1. The van der Waals surface area contributed by atoms with Gasteiger partial charge in [0.2, 0.25) is 0 Å². The van der Waals surface area contributed by atoms with E-state index in [1.54, 1.807) is 30.6 Å². The van der Waals surface area contributed by atoms with Crippen molar-refractivity contribution in [1.29, 1.82) is 0 Å². The van der Waals surface area contributed by atoms with E-state index >= 15 is 0 Å². The molecule has 0 bridgehead atoms. The minimum absolute atomic E-state index is 0.0298. The average molecular weight is 301 g/mol. The van der Waals surface area contributed by atoms with Crippen LogP contribution in [0.3, 0.4) is 0 Å². The zero-order chi connectivity index (χ0) is 15.0. The van der Waals surface area contributed by atoms with E-state index in [2.05, 4.69) is 6.92 Å². The van der Waals surface area contributed by atoms with Crippen molar-refractivity contribution in [3.63, 3.8) is 0 Å². The number of nitrogens with two attached hydrogens (primary N) is 1. The van der Waals surface area contributed by atoms with Crippen molar-refractivity contribution in [2.24, 2.45) is 5.92 Å². The Kier molecular flexibility index (Phi) is 3.72. The molecule has 0 saturated heterocycles. The van der Waals surface area contributed by atoms with Gasteiger partial charge in [-0.25, -0.2) is 0 Å². The fourth-order valence-electron chi connectivity index (χ4n) is 2.91. The summed E-state index contributed by atoms with van der Waals surface area (Å²) < 4.78 is 5.13. The van der Waals surface area contributed by atoms with Crippen LogP contribution in [0.4, 0.5) is 5.00 Å². The Morgan fingerprint density at radius 1 is 1.33 bits per heavy atom. The van der Waals surface area contributed by atoms with E-state index < -0.39 is 0 Å². The van der Waals surface area contributed by atoms with Crippen LogP contribution in [0.2, 0.25) is 0 Å². The van der Waals surface area contributed by atoms with Gasteiger partial charge in [0.1, 0.15) is 5.75 Å². The smallest absolute Gasteiger partial charge is 0.196 e. The van der Waals surface area contributed by atoms with Gasteiger partial charge in [0.05, 0.1) is 17.7 Å². The number of fused-ring (bicyclic) bond motifs is 1. The number of ketones is 1. The van der Waals surface area contributed by atoms with E-state index in [0.717, 1.165) is 30.6 Å². The number of ether oxygens (including phenoxy) is 1. The third-order valence-corrected chi connectivity index (χ3v) is 5.20. The summed E-state index contributed by atoms with van der Waals surface area (Å²) in [5.41, 5.74) is 8.71. The molecular formula is C17H19NO2S. The SMILES string of the molecule is COc1ccc(C(=O)c2c(N)sc3c2CCC(C)C3)cc1. The van der Waals surface area contributed by atoms with Gasteiger partial charge in [-0.1, -0.05) is 6.92 Å². The van der Waals surface area contributed by atoms with Crippen molar-refractivity contribution in [2.45, 2.75) is 26.2 Å². The van der Waals surface area contributed by atoms with E-state index in [0.29, 0.717) is 16.5 Å². The molecular weight excluding hydrogens is 282 g/mol. The lowest BCUT2D eigenvalue weighted by Gasteiger charge is -2.18. The molecule has 4 heteroatoms. The van der Waals surface area contributed by atoms with Crippen molar-refractivity contribution < 1.29 is 9.53 Å². The average Bonchev–Trinajstić information content (AvgIpc) is 2.81. The van der Waals surface area contributed by atoms with Crippen LogP contribution >= 0.6 is 11.3 Å². The van der Waals surface area contributed by atoms with E-state index in [9.17, 15) is 4.79 Å². The third kappa shape index (κ3) is 2.56. The topological polar surface area (TPSA) is 52.3 Å². The zero-order valence-electron chi connectivity index (χ0n) is 12.3. The predicted octanol–water partition coefficient (Wildman–Crippen LogP) is 3.69. The molecule has 1 aromatic carbocycles. The second-order valence-corrected chi connectivity index (χ2v) is 6.79. The van der Waals surface area contributed by atoms with E-state index in [1.807, 2.05) is 12.1 Å². The van der Waals surface area contributed by atoms with Gasteiger partial charge in [-0.05, 0) is 55.0 Å². The second-order valence-electron chi connectivity index (χ2n) is 5.65. The summed E-state index contributed by atoms with van der Waals surface area (Å²) in [4.78, 5) is 14.1. The van der Waals surface area contributed by atoms with Crippen LogP contribution in [0.25, 0.3) is 0 Å². The first-order chi connectivity index (χ1) is 10.1. The highest BCUT2D eigenvalue weighted by molar-refractivity contribution is 7.16. The predicted molar refractivity (Wildman–Crippen MR) is 86.3 cm³/mol. The first-order valence-corrected chi connectivity index (χ1v) is 8.00. The minimum Gasteiger partial charge on any atom is -0.497 e. The Morgan fingerprint density at radius 2 is 2.05 bits per heavy atom. The number of thiophene rings is 1. The third-order valence-electron chi connectivity index (χ3n) is 4.12. The lowest BCUT2D eigenvalue weighted by Crippen LogP contribution is -2.13. The molecule has 21 heavy (non-hydrogen) atoms. The number of carbonyl (C=O) groups is 1. The van der Waals surface area contributed by atoms with Crippen LogP contribution in [0.15, 0.2) is 24.3 Å². The number of nitrogen functional groups attached to an aromatic ring is 1. The molecule has 0 fully saturated rings. The maximum Gasteiger partial charge on any atom is 0.196 e. The van der Waals surface area contributed by atoms with Gasteiger partial charge >= 0.3 is 0 Å². The minimum atomic E-state index is 0.0298. The van der Waals surface area contributed by atoms with Gasteiger partial charge in [-0.3, -0.25) is 4.79 Å². The fraction of sp³-hybridized carbons (Fsp3) is 0.353. The summed E-state index contributed by atoms with van der Waals surface area (Å²) in [6, 6.07) is 7.22. The van der Waals surface area contributed by atoms with Crippen LogP contribution in [0.1, 0.15) is 39.7 Å². The van der Waals surface area contributed by atoms with Crippen molar-refractivity contribution in [3.05, 3.63) is 45.8 Å². The summed E-state index contributed by atoms with van der Waals surface area (Å²) in [7, 11) is 1.62. The maximum absolute atomic E-state index is 12.8.